The molecule has 1 aliphatic rings. The molecule has 1 heterocycles. The van der Waals surface area contributed by atoms with Crippen LogP contribution in [0.1, 0.15) is 27.7 Å². The van der Waals surface area contributed by atoms with Gasteiger partial charge in [-0.1, -0.05) is 13.8 Å². The lowest BCUT2D eigenvalue weighted by molar-refractivity contribution is -0.130. The molecule has 2 atom stereocenters. The van der Waals surface area contributed by atoms with Crippen molar-refractivity contribution in [3.63, 3.8) is 0 Å². The van der Waals surface area contributed by atoms with E-state index in [1.165, 1.54) is 4.31 Å². The Morgan fingerprint density at radius 2 is 1.68 bits per heavy atom. The Hall–Kier alpha value is -0.660. The second-order valence-electron chi connectivity index (χ2n) is 5.11. The number of hydrogen-bond acceptors (Lipinski definition) is 4. The molecule has 1 aliphatic heterocycles. The summed E-state index contributed by atoms with van der Waals surface area (Å²) in [5.41, 5.74) is 0. The van der Waals surface area contributed by atoms with Gasteiger partial charge in [0.25, 0.3) is 0 Å². The van der Waals surface area contributed by atoms with Crippen molar-refractivity contribution in [3.8, 4) is 0 Å². The summed E-state index contributed by atoms with van der Waals surface area (Å²) in [6.45, 7) is 9.49. The van der Waals surface area contributed by atoms with Gasteiger partial charge in [0.2, 0.25) is 15.9 Å². The van der Waals surface area contributed by atoms with E-state index in [9.17, 15) is 13.2 Å². The van der Waals surface area contributed by atoms with E-state index in [0.717, 1.165) is 0 Å². The second-order valence-corrected chi connectivity index (χ2v) is 7.08. The zero-order valence-electron chi connectivity index (χ0n) is 12.2. The van der Waals surface area contributed by atoms with Crippen LogP contribution in [-0.2, 0) is 14.8 Å². The van der Waals surface area contributed by atoms with E-state index in [2.05, 4.69) is 5.32 Å². The van der Waals surface area contributed by atoms with Crippen LogP contribution in [0, 0.1) is 0 Å². The SMILES string of the molecule is CCN(CC)S(=O)(=O)CC(=O)N1CC(C)NC(C)C1. The molecular weight excluding hydrogens is 266 g/mol. The van der Waals surface area contributed by atoms with Gasteiger partial charge in [0.15, 0.2) is 0 Å². The van der Waals surface area contributed by atoms with Gasteiger partial charge in [-0.05, 0) is 13.8 Å². The van der Waals surface area contributed by atoms with E-state index >= 15 is 0 Å². The lowest BCUT2D eigenvalue weighted by Crippen LogP contribution is -2.57. The molecule has 0 saturated carbocycles. The normalized spacial score (nSPS) is 24.8. The minimum Gasteiger partial charge on any atom is -0.339 e. The van der Waals surface area contributed by atoms with Crippen molar-refractivity contribution in [2.24, 2.45) is 0 Å². The van der Waals surface area contributed by atoms with Crippen LogP contribution in [0.3, 0.4) is 0 Å². The van der Waals surface area contributed by atoms with Crippen LogP contribution in [-0.4, -0.2) is 67.5 Å². The van der Waals surface area contributed by atoms with Gasteiger partial charge in [-0.3, -0.25) is 4.79 Å². The summed E-state index contributed by atoms with van der Waals surface area (Å²) in [5, 5.41) is 3.32. The number of carbonyl (C=O) groups is 1. The predicted molar refractivity (Wildman–Crippen MR) is 75.3 cm³/mol. The third-order valence-corrected chi connectivity index (χ3v) is 5.23. The molecule has 1 N–H and O–H groups in total. The van der Waals surface area contributed by atoms with Crippen LogP contribution in [0.5, 0.6) is 0 Å². The van der Waals surface area contributed by atoms with Crippen molar-refractivity contribution in [1.29, 1.82) is 0 Å². The molecule has 0 aliphatic carbocycles. The summed E-state index contributed by atoms with van der Waals surface area (Å²) < 4.78 is 25.5. The molecule has 1 saturated heterocycles. The smallest absolute Gasteiger partial charge is 0.239 e. The Morgan fingerprint density at radius 1 is 1.21 bits per heavy atom. The van der Waals surface area contributed by atoms with Crippen LogP contribution in [0.4, 0.5) is 0 Å². The monoisotopic (exact) mass is 291 g/mol. The number of rotatable bonds is 5. The lowest BCUT2D eigenvalue weighted by Gasteiger charge is -2.36. The minimum absolute atomic E-state index is 0.198. The first kappa shape index (κ1) is 16.4. The third-order valence-electron chi connectivity index (χ3n) is 3.31. The molecule has 2 unspecified atom stereocenters. The Bertz CT molecular complexity index is 396. The number of amides is 1. The van der Waals surface area contributed by atoms with Crippen molar-refractivity contribution in [3.05, 3.63) is 0 Å². The van der Waals surface area contributed by atoms with E-state index in [0.29, 0.717) is 26.2 Å². The van der Waals surface area contributed by atoms with E-state index in [-0.39, 0.29) is 18.0 Å². The zero-order valence-corrected chi connectivity index (χ0v) is 13.0. The summed E-state index contributed by atoms with van der Waals surface area (Å²) in [6.07, 6.45) is 0. The van der Waals surface area contributed by atoms with Crippen LogP contribution in [0.2, 0.25) is 0 Å². The molecule has 0 spiro atoms. The van der Waals surface area contributed by atoms with E-state index in [4.69, 9.17) is 0 Å². The van der Waals surface area contributed by atoms with Crippen molar-refractivity contribution in [1.82, 2.24) is 14.5 Å². The fourth-order valence-corrected chi connectivity index (χ4v) is 3.95. The molecule has 0 bridgehead atoms. The summed E-state index contributed by atoms with van der Waals surface area (Å²) in [7, 11) is -3.48. The highest BCUT2D eigenvalue weighted by Crippen LogP contribution is 2.08. The summed E-state index contributed by atoms with van der Waals surface area (Å²) in [6, 6.07) is 0.396. The molecule has 0 radical (unpaired) electrons. The molecule has 1 fully saturated rings. The number of nitrogens with zero attached hydrogens (tertiary/aromatic N) is 2. The molecule has 19 heavy (non-hydrogen) atoms. The van der Waals surface area contributed by atoms with Crippen LogP contribution in [0.15, 0.2) is 0 Å². The van der Waals surface area contributed by atoms with Crippen molar-refractivity contribution in [2.75, 3.05) is 31.9 Å². The van der Waals surface area contributed by atoms with Gasteiger partial charge < -0.3 is 10.2 Å². The highest BCUT2D eigenvalue weighted by atomic mass is 32.2. The van der Waals surface area contributed by atoms with Gasteiger partial charge in [0.05, 0.1) is 0 Å². The maximum atomic E-state index is 12.1. The number of sulfonamides is 1. The minimum atomic E-state index is -3.48. The zero-order chi connectivity index (χ0) is 14.6. The van der Waals surface area contributed by atoms with E-state index in [1.54, 1.807) is 18.7 Å². The summed E-state index contributed by atoms with van der Waals surface area (Å²) in [4.78, 5) is 13.8. The van der Waals surface area contributed by atoms with Gasteiger partial charge in [0.1, 0.15) is 5.75 Å². The third kappa shape index (κ3) is 4.43. The topological polar surface area (TPSA) is 69.7 Å². The fraction of sp³-hybridized carbons (Fsp3) is 0.917. The molecule has 0 aromatic carbocycles. The van der Waals surface area contributed by atoms with Gasteiger partial charge in [-0.25, -0.2) is 12.7 Å². The number of carbonyl (C=O) groups excluding carboxylic acids is 1. The highest BCUT2D eigenvalue weighted by Gasteiger charge is 2.29. The van der Waals surface area contributed by atoms with Crippen molar-refractivity contribution in [2.45, 2.75) is 39.8 Å². The number of hydrogen-bond donors (Lipinski definition) is 1. The predicted octanol–water partition coefficient (Wildman–Crippen LogP) is -0.133. The summed E-state index contributed by atoms with van der Waals surface area (Å²) >= 11 is 0. The average Bonchev–Trinajstić information content (AvgIpc) is 2.28. The molecule has 1 rings (SSSR count). The average molecular weight is 291 g/mol. The quantitative estimate of drug-likeness (QED) is 0.766. The van der Waals surface area contributed by atoms with Crippen molar-refractivity contribution < 1.29 is 13.2 Å². The van der Waals surface area contributed by atoms with Crippen LogP contribution in [0.25, 0.3) is 0 Å². The molecule has 7 heteroatoms. The van der Waals surface area contributed by atoms with Gasteiger partial charge >= 0.3 is 0 Å². The van der Waals surface area contributed by atoms with Gasteiger partial charge in [-0.15, -0.1) is 0 Å². The Kier molecular flexibility index (Phi) is 5.76. The molecule has 0 aromatic rings. The number of piperazine rings is 1. The Morgan fingerprint density at radius 3 is 2.11 bits per heavy atom. The van der Waals surface area contributed by atoms with E-state index in [1.807, 2.05) is 13.8 Å². The molecule has 1 amide bonds. The lowest BCUT2D eigenvalue weighted by atomic mass is 10.1. The molecule has 6 nitrogen and oxygen atoms in total. The van der Waals surface area contributed by atoms with Crippen LogP contribution >= 0.6 is 0 Å². The largest absolute Gasteiger partial charge is 0.339 e. The van der Waals surface area contributed by atoms with Crippen LogP contribution < -0.4 is 5.32 Å². The Labute approximate surface area is 116 Å². The number of nitrogens with one attached hydrogen (secondary N) is 1. The second kappa shape index (κ2) is 6.67. The first-order valence-corrected chi connectivity index (χ1v) is 8.42. The maximum absolute atomic E-state index is 12.1. The summed E-state index contributed by atoms with van der Waals surface area (Å²) in [5.74, 6) is -0.721. The van der Waals surface area contributed by atoms with E-state index < -0.39 is 15.8 Å². The fourth-order valence-electron chi connectivity index (χ4n) is 2.49. The van der Waals surface area contributed by atoms with Crippen molar-refractivity contribution >= 4 is 15.9 Å². The first-order chi connectivity index (χ1) is 8.80. The molecular formula is C12H25N3O3S. The van der Waals surface area contributed by atoms with Gasteiger partial charge in [0, 0.05) is 38.3 Å². The molecule has 0 aromatic heterocycles. The van der Waals surface area contributed by atoms with Gasteiger partial charge in [-0.2, -0.15) is 0 Å². The Balaban J connectivity index is 2.69. The highest BCUT2D eigenvalue weighted by molar-refractivity contribution is 7.89. The first-order valence-electron chi connectivity index (χ1n) is 6.81. The standard InChI is InChI=1S/C12H25N3O3S/c1-5-15(6-2)19(17,18)9-12(16)14-7-10(3)13-11(4)8-14/h10-11,13H,5-9H2,1-4H3. The molecule has 112 valence electrons. The maximum Gasteiger partial charge on any atom is 0.239 e.